The topological polar surface area (TPSA) is 81.1 Å². The number of benzene rings is 1. The lowest BCUT2D eigenvalue weighted by molar-refractivity contribution is 0.100. The molecule has 1 aromatic rings. The van der Waals surface area contributed by atoms with Crippen LogP contribution in [0.15, 0.2) is 18.2 Å². The molecular formula is C12H19N3OS. The van der Waals surface area contributed by atoms with Crippen molar-refractivity contribution in [3.8, 4) is 0 Å². The van der Waals surface area contributed by atoms with E-state index in [2.05, 4.69) is 18.5 Å². The molecule has 0 aliphatic heterocycles. The largest absolute Gasteiger partial charge is 0.397 e. The lowest BCUT2D eigenvalue weighted by Crippen LogP contribution is -2.17. The fourth-order valence-electron chi connectivity index (χ4n) is 1.49. The molecule has 94 valence electrons. The maximum absolute atomic E-state index is 11.2. The summed E-state index contributed by atoms with van der Waals surface area (Å²) < 4.78 is 0. The highest BCUT2D eigenvalue weighted by molar-refractivity contribution is 7.99. The molecule has 1 atom stereocenters. The molecule has 0 radical (unpaired) electrons. The van der Waals surface area contributed by atoms with Crippen LogP contribution >= 0.6 is 11.8 Å². The van der Waals surface area contributed by atoms with Crippen LogP contribution in [0.1, 0.15) is 23.7 Å². The number of nitrogens with one attached hydrogen (secondary N) is 1. The lowest BCUT2D eigenvalue weighted by atomic mass is 10.1. The molecule has 0 bridgehead atoms. The van der Waals surface area contributed by atoms with E-state index in [0.29, 0.717) is 22.2 Å². The smallest absolute Gasteiger partial charge is 0.250 e. The minimum absolute atomic E-state index is 0.446. The van der Waals surface area contributed by atoms with Gasteiger partial charge in [0.2, 0.25) is 0 Å². The van der Waals surface area contributed by atoms with Crippen LogP contribution in [0.4, 0.5) is 11.4 Å². The van der Waals surface area contributed by atoms with Gasteiger partial charge in [0.05, 0.1) is 16.9 Å². The van der Waals surface area contributed by atoms with Crippen LogP contribution in [0.25, 0.3) is 0 Å². The number of anilines is 2. The molecule has 0 fully saturated rings. The normalized spacial score (nSPS) is 12.1. The Morgan fingerprint density at radius 2 is 2.24 bits per heavy atom. The van der Waals surface area contributed by atoms with Gasteiger partial charge in [0, 0.05) is 11.8 Å². The first-order valence-electron chi connectivity index (χ1n) is 5.51. The van der Waals surface area contributed by atoms with E-state index in [1.54, 1.807) is 18.2 Å². The molecular weight excluding hydrogens is 234 g/mol. The van der Waals surface area contributed by atoms with Crippen LogP contribution in [0.5, 0.6) is 0 Å². The first-order chi connectivity index (χ1) is 8.06. The summed E-state index contributed by atoms with van der Waals surface area (Å²) in [6, 6.07) is 5.16. The molecule has 0 aromatic heterocycles. The Bertz CT molecular complexity index is 395. The number of hydrogen-bond donors (Lipinski definition) is 3. The van der Waals surface area contributed by atoms with Crippen molar-refractivity contribution in [2.24, 2.45) is 5.73 Å². The van der Waals surface area contributed by atoms with Gasteiger partial charge in [-0.2, -0.15) is 11.8 Å². The Morgan fingerprint density at radius 3 is 2.82 bits per heavy atom. The monoisotopic (exact) mass is 253 g/mol. The van der Waals surface area contributed by atoms with Crippen molar-refractivity contribution in [1.82, 2.24) is 0 Å². The Labute approximate surface area is 106 Å². The number of para-hydroxylation sites is 1. The Hall–Kier alpha value is -1.36. The van der Waals surface area contributed by atoms with Gasteiger partial charge in [-0.05, 0) is 24.8 Å². The maximum atomic E-state index is 11.2. The zero-order valence-electron chi connectivity index (χ0n) is 10.2. The third-order valence-corrected chi connectivity index (χ3v) is 3.66. The van der Waals surface area contributed by atoms with Crippen LogP contribution in [-0.4, -0.2) is 24.0 Å². The van der Waals surface area contributed by atoms with Crippen LogP contribution in [0.3, 0.4) is 0 Å². The van der Waals surface area contributed by atoms with Gasteiger partial charge in [-0.15, -0.1) is 0 Å². The third kappa shape index (κ3) is 3.85. The molecule has 5 N–H and O–H groups in total. The van der Waals surface area contributed by atoms with Gasteiger partial charge in [-0.3, -0.25) is 4.79 Å². The second kappa shape index (κ2) is 6.39. The number of rotatable bonds is 6. The number of hydrogen-bond acceptors (Lipinski definition) is 4. The van der Waals surface area contributed by atoms with Crippen molar-refractivity contribution in [2.45, 2.75) is 18.6 Å². The summed E-state index contributed by atoms with van der Waals surface area (Å²) in [5.41, 5.74) is 12.8. The highest BCUT2D eigenvalue weighted by atomic mass is 32.2. The van der Waals surface area contributed by atoms with Gasteiger partial charge < -0.3 is 16.8 Å². The molecule has 0 saturated carbocycles. The average Bonchev–Trinajstić information content (AvgIpc) is 2.30. The number of carbonyl (C=O) groups excluding carboxylic acids is 1. The van der Waals surface area contributed by atoms with Gasteiger partial charge in [0.1, 0.15) is 0 Å². The Kier molecular flexibility index (Phi) is 5.15. The van der Waals surface area contributed by atoms with E-state index in [0.717, 1.165) is 13.0 Å². The van der Waals surface area contributed by atoms with E-state index in [1.165, 1.54) is 0 Å². The number of carbonyl (C=O) groups is 1. The SMILES string of the molecule is CSC(C)CCNc1c(N)cccc1C(N)=O. The van der Waals surface area contributed by atoms with Gasteiger partial charge in [-0.1, -0.05) is 13.0 Å². The summed E-state index contributed by atoms with van der Waals surface area (Å²) >= 11 is 1.81. The van der Waals surface area contributed by atoms with E-state index in [1.807, 2.05) is 11.8 Å². The van der Waals surface area contributed by atoms with Crippen molar-refractivity contribution in [1.29, 1.82) is 0 Å². The number of amides is 1. The summed E-state index contributed by atoms with van der Waals surface area (Å²) in [5, 5.41) is 3.76. The molecule has 0 aliphatic carbocycles. The standard InChI is InChI=1S/C12H19N3OS/c1-8(17-2)6-7-15-11-9(12(14)16)4-3-5-10(11)13/h3-5,8,15H,6-7,13H2,1-2H3,(H2,14,16). The quantitative estimate of drug-likeness (QED) is 0.677. The minimum Gasteiger partial charge on any atom is -0.397 e. The molecule has 0 saturated heterocycles. The summed E-state index contributed by atoms with van der Waals surface area (Å²) in [6.45, 7) is 2.94. The first-order valence-corrected chi connectivity index (χ1v) is 6.80. The highest BCUT2D eigenvalue weighted by Gasteiger charge is 2.10. The van der Waals surface area contributed by atoms with Crippen LogP contribution in [0.2, 0.25) is 0 Å². The third-order valence-electron chi connectivity index (χ3n) is 2.62. The zero-order valence-corrected chi connectivity index (χ0v) is 11.0. The number of primary amides is 1. The van der Waals surface area contributed by atoms with Crippen molar-refractivity contribution >= 4 is 29.0 Å². The molecule has 0 spiro atoms. The molecule has 5 heteroatoms. The highest BCUT2D eigenvalue weighted by Crippen LogP contribution is 2.23. The summed E-state index contributed by atoms with van der Waals surface area (Å²) in [4.78, 5) is 11.2. The van der Waals surface area contributed by atoms with Gasteiger partial charge in [0.15, 0.2) is 0 Å². The molecule has 17 heavy (non-hydrogen) atoms. The van der Waals surface area contributed by atoms with E-state index >= 15 is 0 Å². The minimum atomic E-state index is -0.460. The molecule has 1 unspecified atom stereocenters. The summed E-state index contributed by atoms with van der Waals surface area (Å²) in [5.74, 6) is -0.460. The van der Waals surface area contributed by atoms with Crippen LogP contribution in [0, 0.1) is 0 Å². The summed E-state index contributed by atoms with van der Waals surface area (Å²) in [7, 11) is 0. The van der Waals surface area contributed by atoms with E-state index in [9.17, 15) is 4.79 Å². The van der Waals surface area contributed by atoms with Crippen molar-refractivity contribution < 1.29 is 4.79 Å². The van der Waals surface area contributed by atoms with E-state index in [-0.39, 0.29) is 0 Å². The molecule has 0 heterocycles. The molecule has 1 amide bonds. The van der Waals surface area contributed by atoms with Gasteiger partial charge in [-0.25, -0.2) is 0 Å². The van der Waals surface area contributed by atoms with Crippen molar-refractivity contribution in [3.05, 3.63) is 23.8 Å². The Morgan fingerprint density at radius 1 is 1.53 bits per heavy atom. The zero-order chi connectivity index (χ0) is 12.8. The number of thioether (sulfide) groups is 1. The average molecular weight is 253 g/mol. The first kappa shape index (κ1) is 13.7. The van der Waals surface area contributed by atoms with Gasteiger partial charge >= 0.3 is 0 Å². The van der Waals surface area contributed by atoms with Gasteiger partial charge in [0.25, 0.3) is 5.91 Å². The number of nitrogens with two attached hydrogens (primary N) is 2. The second-order valence-corrected chi connectivity index (χ2v) is 5.17. The van der Waals surface area contributed by atoms with Crippen molar-refractivity contribution in [2.75, 3.05) is 23.9 Å². The molecule has 0 aliphatic rings. The van der Waals surface area contributed by atoms with E-state index < -0.39 is 5.91 Å². The van der Waals surface area contributed by atoms with E-state index in [4.69, 9.17) is 11.5 Å². The van der Waals surface area contributed by atoms with Crippen molar-refractivity contribution in [3.63, 3.8) is 0 Å². The number of nitrogen functional groups attached to an aromatic ring is 1. The predicted molar refractivity (Wildman–Crippen MR) is 75.5 cm³/mol. The van der Waals surface area contributed by atoms with Crippen LogP contribution in [-0.2, 0) is 0 Å². The molecule has 4 nitrogen and oxygen atoms in total. The van der Waals surface area contributed by atoms with Crippen LogP contribution < -0.4 is 16.8 Å². The fraction of sp³-hybridized carbons (Fsp3) is 0.417. The maximum Gasteiger partial charge on any atom is 0.250 e. The molecule has 1 rings (SSSR count). The summed E-state index contributed by atoms with van der Waals surface area (Å²) in [6.07, 6.45) is 3.09. The molecule has 1 aromatic carbocycles. The fourth-order valence-corrected chi connectivity index (χ4v) is 1.84. The second-order valence-electron chi connectivity index (χ2n) is 3.90. The Balaban J connectivity index is 2.72. The lowest BCUT2D eigenvalue weighted by Gasteiger charge is -2.14. The predicted octanol–water partition coefficient (Wildman–Crippen LogP) is 1.92.